The van der Waals surface area contributed by atoms with Crippen molar-refractivity contribution < 1.29 is 53.5 Å². The van der Waals surface area contributed by atoms with E-state index in [1.165, 1.54) is 0 Å². The number of thiazole rings is 1. The van der Waals surface area contributed by atoms with Gasteiger partial charge in [-0.3, -0.25) is 14.4 Å². The number of benzene rings is 1. The zero-order chi connectivity index (χ0) is 32.6. The average molecular weight is 675 g/mol. The number of piperidine rings is 1. The lowest BCUT2D eigenvalue weighted by Crippen LogP contribution is -2.44. The Labute approximate surface area is 253 Å². The molecule has 1 saturated heterocycles. The van der Waals surface area contributed by atoms with Gasteiger partial charge in [-0.25, -0.2) is 14.2 Å². The Kier molecular flexibility index (Phi) is 9.45. The Morgan fingerprint density at radius 3 is 2.33 bits per heavy atom. The van der Waals surface area contributed by atoms with Gasteiger partial charge in [0.15, 0.2) is 17.4 Å². The lowest BCUT2D eigenvalue weighted by molar-refractivity contribution is -0.199. The molecule has 2 fully saturated rings. The number of nitrogens with zero attached hydrogens (tertiary/aromatic N) is 3. The molecule has 45 heavy (non-hydrogen) atoms. The largest absolute Gasteiger partial charge is 0.485 e. The molecule has 1 N–H and O–H groups in total. The summed E-state index contributed by atoms with van der Waals surface area (Å²) in [7, 11) is 0. The molecule has 8 nitrogen and oxygen atoms in total. The second-order valence-electron chi connectivity index (χ2n) is 11.0. The molecule has 1 aromatic carbocycles. The maximum Gasteiger partial charge on any atom is 0.439 e. The molecule has 2 aromatic heterocycles. The SMILES string of the molecule is O=c1[nH]c(-c2cc(F)c(OCc3sc(C4(C(F)(F)F)CCCCC4)nc3CN3CCC(C(F)(F)F)CC3)cc2OC(F)F)no1. The first-order chi connectivity index (χ1) is 21.2. The zero-order valence-electron chi connectivity index (χ0n) is 23.4. The predicted octanol–water partition coefficient (Wildman–Crippen LogP) is 7.34. The first-order valence-electron chi connectivity index (χ1n) is 14.0. The van der Waals surface area contributed by atoms with E-state index in [1.807, 2.05) is 0 Å². The highest BCUT2D eigenvalue weighted by atomic mass is 32.1. The fraction of sp³-hybridized carbons (Fsp3) is 0.593. The molecular formula is C27H27F9N4O4S. The number of halogens is 9. The Morgan fingerprint density at radius 1 is 1.07 bits per heavy atom. The van der Waals surface area contributed by atoms with Crippen LogP contribution in [-0.2, 0) is 18.6 Å². The molecule has 1 saturated carbocycles. The number of nitrogens with one attached hydrogen (secondary N) is 1. The van der Waals surface area contributed by atoms with Crippen molar-refractivity contribution in [2.75, 3.05) is 13.1 Å². The van der Waals surface area contributed by atoms with Crippen LogP contribution < -0.4 is 15.2 Å². The Morgan fingerprint density at radius 2 is 1.76 bits per heavy atom. The van der Waals surface area contributed by atoms with Crippen molar-refractivity contribution in [1.82, 2.24) is 20.0 Å². The molecule has 0 bridgehead atoms. The Balaban J connectivity index is 1.45. The first-order valence-corrected chi connectivity index (χ1v) is 14.8. The minimum Gasteiger partial charge on any atom is -0.485 e. The predicted molar refractivity (Wildman–Crippen MR) is 140 cm³/mol. The van der Waals surface area contributed by atoms with E-state index in [2.05, 4.69) is 24.4 Å². The van der Waals surface area contributed by atoms with Gasteiger partial charge in [-0.1, -0.05) is 24.4 Å². The molecule has 3 heterocycles. The van der Waals surface area contributed by atoms with Gasteiger partial charge in [0.25, 0.3) is 0 Å². The van der Waals surface area contributed by atoms with Crippen LogP contribution in [0.4, 0.5) is 39.5 Å². The van der Waals surface area contributed by atoms with Crippen molar-refractivity contribution in [1.29, 1.82) is 0 Å². The quantitative estimate of drug-likeness (QED) is 0.238. The highest BCUT2D eigenvalue weighted by molar-refractivity contribution is 7.11. The molecule has 0 atom stereocenters. The van der Waals surface area contributed by atoms with Gasteiger partial charge in [0.05, 0.1) is 22.1 Å². The standard InChI is InChI=1S/C27H27F9N4O4S/c28-16-10-15(21-38-24(41)44-39-21)18(43-23(29)30)11-19(16)42-13-20-17(12-40-8-4-14(5-9-40)26(31,32)33)37-22(45-20)25(27(34,35)36)6-2-1-3-7-25/h10-11,14,23H,1-9,12-13H2,(H,38,39,41). The molecule has 3 aromatic rings. The van der Waals surface area contributed by atoms with E-state index < -0.39 is 71.4 Å². The van der Waals surface area contributed by atoms with Crippen LogP contribution in [-0.4, -0.2) is 52.1 Å². The highest BCUT2D eigenvalue weighted by Gasteiger charge is 2.58. The third-order valence-electron chi connectivity index (χ3n) is 8.17. The molecule has 1 aliphatic heterocycles. The van der Waals surface area contributed by atoms with Crippen LogP contribution in [0.2, 0.25) is 0 Å². The van der Waals surface area contributed by atoms with Crippen molar-refractivity contribution in [3.63, 3.8) is 0 Å². The lowest BCUT2D eigenvalue weighted by Gasteiger charge is -2.37. The van der Waals surface area contributed by atoms with Crippen LogP contribution in [0, 0.1) is 11.7 Å². The minimum absolute atomic E-state index is 0.0380. The zero-order valence-corrected chi connectivity index (χ0v) is 24.2. The lowest BCUT2D eigenvalue weighted by atomic mass is 9.74. The Hall–Kier alpha value is -3.28. The Bertz CT molecular complexity index is 1520. The summed E-state index contributed by atoms with van der Waals surface area (Å²) in [6.45, 7) is -3.88. The van der Waals surface area contributed by atoms with E-state index in [1.54, 1.807) is 4.90 Å². The highest BCUT2D eigenvalue weighted by Crippen LogP contribution is 2.52. The van der Waals surface area contributed by atoms with E-state index >= 15 is 4.39 Å². The molecule has 1 aliphatic carbocycles. The molecule has 0 unspecified atom stereocenters. The maximum atomic E-state index is 15.1. The number of likely N-dealkylation sites (tertiary alicyclic amines) is 1. The number of alkyl halides is 8. The third kappa shape index (κ3) is 7.26. The van der Waals surface area contributed by atoms with E-state index in [0.717, 1.165) is 17.4 Å². The van der Waals surface area contributed by atoms with Crippen molar-refractivity contribution >= 4 is 11.3 Å². The number of aromatic nitrogens is 3. The normalized spacial score (nSPS) is 18.4. The number of aromatic amines is 1. The van der Waals surface area contributed by atoms with Crippen LogP contribution in [0.25, 0.3) is 11.4 Å². The smallest absolute Gasteiger partial charge is 0.439 e. The number of rotatable bonds is 9. The van der Waals surface area contributed by atoms with Crippen molar-refractivity contribution in [2.45, 2.75) is 82.5 Å². The van der Waals surface area contributed by atoms with E-state index in [9.17, 15) is 39.9 Å². The van der Waals surface area contributed by atoms with E-state index in [0.29, 0.717) is 25.3 Å². The van der Waals surface area contributed by atoms with Gasteiger partial charge in [-0.05, 0) is 44.8 Å². The van der Waals surface area contributed by atoms with Gasteiger partial charge >= 0.3 is 24.7 Å². The molecule has 5 rings (SSSR count). The first kappa shape index (κ1) is 33.1. The molecule has 248 valence electrons. The van der Waals surface area contributed by atoms with E-state index in [4.69, 9.17) is 4.74 Å². The molecule has 18 heteroatoms. The molecule has 0 radical (unpaired) electrons. The second kappa shape index (κ2) is 12.8. The summed E-state index contributed by atoms with van der Waals surface area (Å²) in [4.78, 5) is 19.6. The number of ether oxygens (including phenoxy) is 2. The van der Waals surface area contributed by atoms with Crippen LogP contribution in [0.15, 0.2) is 21.5 Å². The molecule has 2 aliphatic rings. The minimum atomic E-state index is -4.63. The summed E-state index contributed by atoms with van der Waals surface area (Å²) >= 11 is 0.729. The van der Waals surface area contributed by atoms with Crippen LogP contribution in [0.5, 0.6) is 11.5 Å². The monoisotopic (exact) mass is 674 g/mol. The van der Waals surface area contributed by atoms with Gasteiger partial charge < -0.3 is 9.47 Å². The molecular weight excluding hydrogens is 647 g/mol. The summed E-state index contributed by atoms with van der Waals surface area (Å²) in [5, 5.41) is 3.13. The fourth-order valence-electron chi connectivity index (χ4n) is 5.74. The number of hydrogen-bond acceptors (Lipinski definition) is 8. The number of H-pyrrole nitrogens is 1. The summed E-state index contributed by atoms with van der Waals surface area (Å²) in [5.41, 5.74) is -2.46. The average Bonchev–Trinajstić information content (AvgIpc) is 3.58. The van der Waals surface area contributed by atoms with Gasteiger partial charge in [0, 0.05) is 12.6 Å². The summed E-state index contributed by atoms with van der Waals surface area (Å²) in [6, 6.07) is 1.47. The van der Waals surface area contributed by atoms with Crippen molar-refractivity contribution in [3.8, 4) is 22.9 Å². The fourth-order valence-corrected chi connectivity index (χ4v) is 6.99. The second-order valence-corrected chi connectivity index (χ2v) is 12.1. The van der Waals surface area contributed by atoms with Crippen molar-refractivity contribution in [3.05, 3.63) is 44.1 Å². The summed E-state index contributed by atoms with van der Waals surface area (Å²) < 4.78 is 139. The maximum absolute atomic E-state index is 15.1. The van der Waals surface area contributed by atoms with Gasteiger partial charge in [0.2, 0.25) is 0 Å². The van der Waals surface area contributed by atoms with Gasteiger partial charge in [0.1, 0.15) is 22.8 Å². The number of hydrogen-bond donors (Lipinski definition) is 1. The summed E-state index contributed by atoms with van der Waals surface area (Å²) in [5.74, 6) is -5.27. The van der Waals surface area contributed by atoms with Gasteiger partial charge in [-0.15, -0.1) is 11.3 Å². The molecule has 0 spiro atoms. The summed E-state index contributed by atoms with van der Waals surface area (Å²) in [6.07, 6.45) is -8.43. The van der Waals surface area contributed by atoms with Crippen molar-refractivity contribution in [2.24, 2.45) is 5.92 Å². The van der Waals surface area contributed by atoms with Crippen LogP contribution >= 0.6 is 11.3 Å². The molecule has 0 amide bonds. The van der Waals surface area contributed by atoms with Gasteiger partial charge in [-0.2, -0.15) is 35.1 Å². The van der Waals surface area contributed by atoms with Crippen LogP contribution in [0.3, 0.4) is 0 Å². The topological polar surface area (TPSA) is 93.5 Å². The third-order valence-corrected chi connectivity index (χ3v) is 9.44. The van der Waals surface area contributed by atoms with E-state index in [-0.39, 0.29) is 60.9 Å². The van der Waals surface area contributed by atoms with Crippen LogP contribution in [0.1, 0.15) is 60.5 Å².